The van der Waals surface area contributed by atoms with E-state index in [0.717, 1.165) is 0 Å². The third kappa shape index (κ3) is 30.4. The number of unbranched alkanes of at least 4 members (excludes halogenated alkanes) is 2. The summed E-state index contributed by atoms with van der Waals surface area (Å²) in [6.45, 7) is 8.55. The fourth-order valence-electron chi connectivity index (χ4n) is 15.4. The number of nitrogens with one attached hydrogen (secondary N) is 18. The van der Waals surface area contributed by atoms with Gasteiger partial charge in [-0.25, -0.2) is 4.98 Å². The summed E-state index contributed by atoms with van der Waals surface area (Å²) >= 11 is 0. The zero-order valence-electron chi connectivity index (χ0n) is 72.7. The predicted octanol–water partition coefficient (Wildman–Crippen LogP) is -3.65. The maximum atomic E-state index is 15.5. The van der Waals surface area contributed by atoms with E-state index in [9.17, 15) is 44.1 Å². The number of hydrogen-bond acceptors (Lipinski definition) is 22. The van der Waals surface area contributed by atoms with Crippen LogP contribution in [0.2, 0.25) is 0 Å². The monoisotopic (exact) mass is 1760 g/mol. The molecule has 0 spiro atoms. The average Bonchev–Trinajstić information content (AvgIpc) is 1.63. The molecular formula is C84H131N25O17. The number of fused-ring (bicyclic) bond motifs is 3. The fourth-order valence-corrected chi connectivity index (χ4v) is 15.4. The van der Waals surface area contributed by atoms with E-state index in [0.29, 0.717) is 41.3 Å². The molecule has 7 rings (SSSR count). The maximum Gasteiger partial charge on any atom is 0.245 e. The number of amides is 14. The van der Waals surface area contributed by atoms with Crippen LogP contribution in [0.1, 0.15) is 168 Å². The van der Waals surface area contributed by atoms with Gasteiger partial charge in [-0.3, -0.25) is 77.9 Å². The van der Waals surface area contributed by atoms with Gasteiger partial charge in [-0.1, -0.05) is 84.7 Å². The summed E-state index contributed by atoms with van der Waals surface area (Å²) in [5.74, 6) is -15.4. The van der Waals surface area contributed by atoms with E-state index in [4.69, 9.17) is 33.8 Å². The van der Waals surface area contributed by atoms with Gasteiger partial charge in [0.25, 0.3) is 0 Å². The maximum absolute atomic E-state index is 15.5. The smallest absolute Gasteiger partial charge is 0.245 e. The average molecular weight is 1760 g/mol. The second-order valence-corrected chi connectivity index (χ2v) is 33.0. The molecule has 0 radical (unpaired) electrons. The van der Waals surface area contributed by atoms with Crippen molar-refractivity contribution in [2.45, 2.75) is 255 Å². The number of phenolic OH excluding ortho intramolecular Hbond substituents is 1. The van der Waals surface area contributed by atoms with Crippen LogP contribution in [-0.2, 0) is 86.4 Å². The van der Waals surface area contributed by atoms with Crippen molar-refractivity contribution in [3.05, 3.63) is 84.1 Å². The molecular weight excluding hydrogens is 1630 g/mol. The summed E-state index contributed by atoms with van der Waals surface area (Å²) in [5, 5.41) is 86.3. The summed E-state index contributed by atoms with van der Waals surface area (Å²) in [6.07, 6.45) is 5.62. The first kappa shape index (κ1) is 101. The normalized spacial score (nSPS) is 25.1. The number of aromatic amines is 2. The number of aliphatic hydroxyl groups is 2. The number of benzene rings is 2. The number of carbonyl (C=O) groups excluding carboxylic acids is 14. The second kappa shape index (κ2) is 50.8. The van der Waals surface area contributed by atoms with Gasteiger partial charge >= 0.3 is 0 Å². The lowest BCUT2D eigenvalue weighted by Crippen LogP contribution is -2.62. The van der Waals surface area contributed by atoms with Gasteiger partial charge < -0.3 is 132 Å². The second-order valence-electron chi connectivity index (χ2n) is 33.0. The minimum Gasteiger partial charge on any atom is -0.508 e. The molecule has 29 N–H and O–H groups in total. The van der Waals surface area contributed by atoms with Crippen molar-refractivity contribution in [2.24, 2.45) is 40.7 Å². The van der Waals surface area contributed by atoms with Gasteiger partial charge in [0.05, 0.1) is 25.2 Å². The number of aromatic nitrogens is 3. The topological polar surface area (TPSA) is 671 Å². The Bertz CT molecular complexity index is 4340. The van der Waals surface area contributed by atoms with Crippen LogP contribution in [-0.4, -0.2) is 272 Å². The largest absolute Gasteiger partial charge is 0.508 e. The molecule has 2 aromatic heterocycles. The van der Waals surface area contributed by atoms with Crippen LogP contribution in [0, 0.1) is 28.6 Å². The highest BCUT2D eigenvalue weighted by Crippen LogP contribution is 2.26. The van der Waals surface area contributed by atoms with Crippen LogP contribution >= 0.6 is 0 Å². The highest BCUT2D eigenvalue weighted by Gasteiger charge is 2.45. The first-order valence-corrected chi connectivity index (χ1v) is 43.6. The first-order valence-electron chi connectivity index (χ1n) is 43.6. The van der Waals surface area contributed by atoms with E-state index in [1.165, 1.54) is 46.6 Å². The van der Waals surface area contributed by atoms with E-state index in [1.807, 2.05) is 0 Å². The van der Waals surface area contributed by atoms with Crippen LogP contribution < -0.4 is 97.4 Å². The van der Waals surface area contributed by atoms with E-state index in [1.54, 1.807) is 72.0 Å². The molecule has 0 unspecified atom stereocenters. The summed E-state index contributed by atoms with van der Waals surface area (Å²) in [4.78, 5) is 223. The van der Waals surface area contributed by atoms with E-state index in [2.05, 4.69) is 89.4 Å². The number of aliphatic hydroxyl groups excluding tert-OH is 2. The lowest BCUT2D eigenvalue weighted by Gasteiger charge is -2.32. The number of hydrogen-bond donors (Lipinski definition) is 25. The Kier molecular flexibility index (Phi) is 40.7. The van der Waals surface area contributed by atoms with Gasteiger partial charge in [-0.15, -0.1) is 0 Å². The lowest BCUT2D eigenvalue weighted by atomic mass is 9.95. The minimum absolute atomic E-state index is 0.00389. The van der Waals surface area contributed by atoms with E-state index in [-0.39, 0.29) is 172 Å². The Morgan fingerprint density at radius 1 is 0.468 bits per heavy atom. The van der Waals surface area contributed by atoms with Crippen molar-refractivity contribution < 1.29 is 82.4 Å². The zero-order valence-corrected chi connectivity index (χ0v) is 72.7. The van der Waals surface area contributed by atoms with Crippen molar-refractivity contribution in [2.75, 3.05) is 52.5 Å². The van der Waals surface area contributed by atoms with Crippen molar-refractivity contribution in [1.29, 1.82) is 10.8 Å². The number of nitrogens with two attached hydrogens (primary N) is 4. The molecule has 14 amide bonds. The molecule has 2 aromatic carbocycles. The molecule has 3 aliphatic rings. The minimum atomic E-state index is -1.82. The molecule has 42 nitrogen and oxygen atoms in total. The summed E-state index contributed by atoms with van der Waals surface area (Å²) in [6, 6.07) is -8.29. The van der Waals surface area contributed by atoms with Crippen LogP contribution in [0.15, 0.2) is 67.3 Å². The number of H-pyrrole nitrogens is 2. The molecule has 126 heavy (non-hydrogen) atoms. The molecule has 42 heteroatoms. The number of guanidine groups is 2. The van der Waals surface area contributed by atoms with Crippen LogP contribution in [0.4, 0.5) is 0 Å². The molecule has 3 aliphatic heterocycles. The third-order valence-electron chi connectivity index (χ3n) is 22.9. The molecule has 3 saturated heterocycles. The Morgan fingerprint density at radius 3 is 1.33 bits per heavy atom. The highest BCUT2D eigenvalue weighted by atomic mass is 16.3. The van der Waals surface area contributed by atoms with Gasteiger partial charge in [0, 0.05) is 68.7 Å². The SMILES string of the molecule is CC[C@H](C)[C@@H]1NC(=O)[C@H](Cc2ccc(O)cc2)NC(=O)[C@H](CCCCN)NC(=O)[C@H](CO)NC(=O)[C@H]([C@@H](C)CC)NC(=O)[C@H](Cc2c[nH]cn2)NC(=O)[C@H](CO)NC(=O)[C@@H]2CCCN2C(=O)[C@H](CCCCN)NC(=O)[C@@H]2CCCN2C(=O)[C@H](CCCNC(=N)N)NC(=O)[C@H](Cc2c[nH]c3ccccc23)NC(=O)[C@H](CCCNC(=N)N)NC(=O)[C@H](CC(C)C)NC1=O. The van der Waals surface area contributed by atoms with Gasteiger partial charge in [-0.05, 0) is 156 Å². The van der Waals surface area contributed by atoms with Crippen LogP contribution in [0.3, 0.4) is 0 Å². The molecule has 694 valence electrons. The number of imidazole rings is 1. The number of rotatable bonds is 30. The Labute approximate surface area is 732 Å². The zero-order chi connectivity index (χ0) is 92.3. The quantitative estimate of drug-likeness (QED) is 0.0136. The van der Waals surface area contributed by atoms with Crippen LogP contribution in [0.5, 0.6) is 5.75 Å². The number of aromatic hydroxyl groups is 1. The van der Waals surface area contributed by atoms with Crippen LogP contribution in [0.25, 0.3) is 10.9 Å². The van der Waals surface area contributed by atoms with Crippen molar-refractivity contribution >= 4 is 106 Å². The molecule has 4 aromatic rings. The van der Waals surface area contributed by atoms with Crippen molar-refractivity contribution in [3.8, 4) is 5.75 Å². The first-order chi connectivity index (χ1) is 60.2. The molecule has 0 saturated carbocycles. The molecule has 16 atom stereocenters. The number of phenols is 1. The Balaban J connectivity index is 1.32. The summed E-state index contributed by atoms with van der Waals surface area (Å²) in [7, 11) is 0. The molecule has 5 heterocycles. The third-order valence-corrected chi connectivity index (χ3v) is 22.9. The lowest BCUT2D eigenvalue weighted by molar-refractivity contribution is -0.145. The van der Waals surface area contributed by atoms with Gasteiger partial charge in [0.15, 0.2) is 11.9 Å². The Morgan fingerprint density at radius 2 is 0.865 bits per heavy atom. The highest BCUT2D eigenvalue weighted by molar-refractivity contribution is 6.02. The number of para-hydroxylation sites is 1. The van der Waals surface area contributed by atoms with Gasteiger partial charge in [0.1, 0.15) is 90.3 Å². The molecule has 0 aliphatic carbocycles. The van der Waals surface area contributed by atoms with E-state index >= 15 is 38.4 Å². The molecule has 0 bridgehead atoms. The summed E-state index contributed by atoms with van der Waals surface area (Å²) < 4.78 is 0. The summed E-state index contributed by atoms with van der Waals surface area (Å²) in [5.41, 5.74) is 25.0. The van der Waals surface area contributed by atoms with Gasteiger partial charge in [-0.2, -0.15) is 0 Å². The van der Waals surface area contributed by atoms with Gasteiger partial charge in [0.2, 0.25) is 82.7 Å². The Hall–Kier alpha value is -12.1. The fraction of sp³-hybridized carbons (Fsp3) is 0.607. The standard InChI is InChI=1S/C84H131N25O17/c1-7-47(5)67-79(123)103-59(37-46(3)4)71(115)96-56(23-15-33-92-83(87)88)70(114)101-61(39-50-41-94-54-20-10-9-19-53(50)54)72(116)98-58(24-16-34-93-84(89)90)82(126)108-35-17-25-65(108)77(121)99-57(22-12-14-32-86)81(125)109-36-18-26-66(109)78(122)104-63(43-110)76(120)102-62(40-51-42-91-45-95-51)74(118)107-68(48(6)8-2)80(124)105-64(44-111)75(119)97-55(21-11-13-31-85)69(113)100-60(73(117)106-67)38-49-27-29-52(112)30-28-49/h9-10,19-20,27-30,41-42,45-48,55-68,94,110-112H,7-8,11-18,21-26,31-40,43-44,85-86H2,1-6H3,(H,91,95)(H,96,115)(H,97,119)(H,98,116)(H,99,121)(H,100,113)(H,101,114)(H,102,120)(H,103,123)(H,104,122)(H,105,124)(H,106,117)(H,107,118)(H4,87,88,92)(H4,89,90,93)/t47-,48-,55-,56-,57-,58-,59-,60-,61-,62-,63-,64-,65-,66-,67-,68-/m0/s1. The number of carbonyl (C=O) groups is 14. The molecule has 3 fully saturated rings. The number of nitrogens with zero attached hydrogens (tertiary/aromatic N) is 3. The van der Waals surface area contributed by atoms with E-state index < -0.39 is 198 Å². The van der Waals surface area contributed by atoms with Crippen molar-refractivity contribution in [1.82, 2.24) is 99.2 Å². The van der Waals surface area contributed by atoms with Crippen molar-refractivity contribution in [3.63, 3.8) is 0 Å². The predicted molar refractivity (Wildman–Crippen MR) is 465 cm³/mol.